The fourth-order valence-corrected chi connectivity index (χ4v) is 3.12. The van der Waals surface area contributed by atoms with Gasteiger partial charge in [-0.1, -0.05) is 36.4 Å². The van der Waals surface area contributed by atoms with Gasteiger partial charge in [-0.25, -0.2) is 0 Å². The molecule has 0 saturated heterocycles. The lowest BCUT2D eigenvalue weighted by Gasteiger charge is -2.08. The first kappa shape index (κ1) is 16.2. The van der Waals surface area contributed by atoms with Gasteiger partial charge in [-0.2, -0.15) is 5.10 Å². The van der Waals surface area contributed by atoms with Crippen LogP contribution >= 0.6 is 0 Å². The van der Waals surface area contributed by atoms with Crippen molar-refractivity contribution < 1.29 is 9.47 Å². The largest absolute Gasteiger partial charge is 0.493 e. The van der Waals surface area contributed by atoms with E-state index in [-0.39, 0.29) is 0 Å². The highest BCUT2D eigenvalue weighted by atomic mass is 16.5. The van der Waals surface area contributed by atoms with Crippen molar-refractivity contribution in [2.75, 3.05) is 14.2 Å². The molecule has 0 atom stereocenters. The number of hydrogen-bond acceptors (Lipinski definition) is 3. The van der Waals surface area contributed by atoms with Crippen LogP contribution in [0, 0.1) is 0 Å². The number of nitrogens with zero attached hydrogens (tertiary/aromatic N) is 2. The van der Waals surface area contributed by atoms with Crippen molar-refractivity contribution in [2.24, 2.45) is 0 Å². The Morgan fingerprint density at radius 1 is 0.808 bits per heavy atom. The average molecular weight is 344 g/mol. The summed E-state index contributed by atoms with van der Waals surface area (Å²) < 4.78 is 12.6. The SMILES string of the molecule is COc1ccc(-c2ccn(Cc3ccc4ccccc4c3)n2)cc1OC. The summed E-state index contributed by atoms with van der Waals surface area (Å²) in [4.78, 5) is 0. The molecule has 0 bridgehead atoms. The number of methoxy groups -OCH3 is 2. The minimum atomic E-state index is 0.703. The molecular formula is C22H20N2O2. The summed E-state index contributed by atoms with van der Waals surface area (Å²) in [6.45, 7) is 0.734. The van der Waals surface area contributed by atoms with Crippen LogP contribution in [0.5, 0.6) is 11.5 Å². The Kier molecular flexibility index (Phi) is 4.32. The van der Waals surface area contributed by atoms with Crippen LogP contribution in [-0.2, 0) is 6.54 Å². The molecule has 0 aliphatic rings. The molecule has 26 heavy (non-hydrogen) atoms. The number of hydrogen-bond donors (Lipinski definition) is 0. The van der Waals surface area contributed by atoms with E-state index in [2.05, 4.69) is 42.5 Å². The Hall–Kier alpha value is -3.27. The van der Waals surface area contributed by atoms with Crippen LogP contribution in [0.4, 0.5) is 0 Å². The van der Waals surface area contributed by atoms with E-state index in [0.717, 1.165) is 17.8 Å². The lowest BCUT2D eigenvalue weighted by Crippen LogP contribution is -2.00. The zero-order valence-electron chi connectivity index (χ0n) is 14.8. The Morgan fingerprint density at radius 3 is 2.42 bits per heavy atom. The van der Waals surface area contributed by atoms with Gasteiger partial charge in [0.25, 0.3) is 0 Å². The second-order valence-corrected chi connectivity index (χ2v) is 6.15. The van der Waals surface area contributed by atoms with Gasteiger partial charge in [-0.3, -0.25) is 4.68 Å². The van der Waals surface area contributed by atoms with Crippen molar-refractivity contribution in [2.45, 2.75) is 6.54 Å². The first-order chi connectivity index (χ1) is 12.8. The van der Waals surface area contributed by atoms with E-state index in [4.69, 9.17) is 14.6 Å². The van der Waals surface area contributed by atoms with E-state index in [1.54, 1.807) is 14.2 Å². The number of aromatic nitrogens is 2. The highest BCUT2D eigenvalue weighted by Gasteiger charge is 2.09. The maximum absolute atomic E-state index is 5.38. The molecule has 0 N–H and O–H groups in total. The lowest BCUT2D eigenvalue weighted by atomic mass is 10.1. The molecule has 0 radical (unpaired) electrons. The van der Waals surface area contributed by atoms with Crippen LogP contribution in [0.15, 0.2) is 72.9 Å². The van der Waals surface area contributed by atoms with Gasteiger partial charge in [0.1, 0.15) is 0 Å². The third-order valence-electron chi connectivity index (χ3n) is 4.48. The lowest BCUT2D eigenvalue weighted by molar-refractivity contribution is 0.355. The van der Waals surface area contributed by atoms with E-state index < -0.39 is 0 Å². The van der Waals surface area contributed by atoms with Crippen LogP contribution in [0.3, 0.4) is 0 Å². The number of ether oxygens (including phenoxy) is 2. The maximum atomic E-state index is 5.38. The number of fused-ring (bicyclic) bond motifs is 1. The molecule has 0 unspecified atom stereocenters. The molecule has 1 heterocycles. The van der Waals surface area contributed by atoms with E-state index in [0.29, 0.717) is 11.5 Å². The normalized spacial score (nSPS) is 10.8. The molecule has 0 fully saturated rings. The van der Waals surface area contributed by atoms with Crippen LogP contribution in [0.1, 0.15) is 5.56 Å². The molecule has 4 heteroatoms. The van der Waals surface area contributed by atoms with Crippen molar-refractivity contribution in [3.05, 3.63) is 78.5 Å². The van der Waals surface area contributed by atoms with Crippen LogP contribution in [0.2, 0.25) is 0 Å². The summed E-state index contributed by atoms with van der Waals surface area (Å²) in [6, 6.07) is 22.8. The molecule has 4 nitrogen and oxygen atoms in total. The van der Waals surface area contributed by atoms with E-state index in [1.807, 2.05) is 35.1 Å². The zero-order valence-corrected chi connectivity index (χ0v) is 14.8. The summed E-state index contributed by atoms with van der Waals surface area (Å²) in [5, 5.41) is 7.21. The molecule has 4 rings (SSSR count). The smallest absolute Gasteiger partial charge is 0.161 e. The summed E-state index contributed by atoms with van der Waals surface area (Å²) in [5.41, 5.74) is 3.14. The molecule has 1 aromatic heterocycles. The highest BCUT2D eigenvalue weighted by Crippen LogP contribution is 2.31. The van der Waals surface area contributed by atoms with Crippen molar-refractivity contribution >= 4 is 10.8 Å². The molecule has 0 aliphatic carbocycles. The first-order valence-electron chi connectivity index (χ1n) is 8.50. The Labute approximate surface area is 152 Å². The second kappa shape index (κ2) is 6.92. The molecule has 0 spiro atoms. The van der Waals surface area contributed by atoms with Crippen molar-refractivity contribution in [3.8, 4) is 22.8 Å². The molecule has 0 saturated carbocycles. The molecule has 130 valence electrons. The maximum Gasteiger partial charge on any atom is 0.161 e. The van der Waals surface area contributed by atoms with Gasteiger partial charge >= 0.3 is 0 Å². The van der Waals surface area contributed by atoms with E-state index >= 15 is 0 Å². The van der Waals surface area contributed by atoms with Gasteiger partial charge in [0.05, 0.1) is 26.5 Å². The minimum Gasteiger partial charge on any atom is -0.493 e. The minimum absolute atomic E-state index is 0.703. The van der Waals surface area contributed by atoms with Crippen LogP contribution in [-0.4, -0.2) is 24.0 Å². The topological polar surface area (TPSA) is 36.3 Å². The fourth-order valence-electron chi connectivity index (χ4n) is 3.12. The van der Waals surface area contributed by atoms with Crippen molar-refractivity contribution in [3.63, 3.8) is 0 Å². The van der Waals surface area contributed by atoms with Gasteiger partial charge in [0, 0.05) is 11.8 Å². The summed E-state index contributed by atoms with van der Waals surface area (Å²) in [6.07, 6.45) is 2.00. The third-order valence-corrected chi connectivity index (χ3v) is 4.48. The predicted octanol–water partition coefficient (Wildman–Crippen LogP) is 4.77. The van der Waals surface area contributed by atoms with Gasteiger partial charge in [-0.15, -0.1) is 0 Å². The number of benzene rings is 3. The Bertz CT molecular complexity index is 1050. The average Bonchev–Trinajstić information content (AvgIpc) is 3.15. The number of rotatable bonds is 5. The van der Waals surface area contributed by atoms with Gasteiger partial charge in [0.15, 0.2) is 11.5 Å². The van der Waals surface area contributed by atoms with Gasteiger partial charge in [0.2, 0.25) is 0 Å². The summed E-state index contributed by atoms with van der Waals surface area (Å²) in [7, 11) is 3.27. The van der Waals surface area contributed by atoms with E-state index in [9.17, 15) is 0 Å². The molecule has 3 aromatic carbocycles. The van der Waals surface area contributed by atoms with Crippen molar-refractivity contribution in [1.29, 1.82) is 0 Å². The molecular weight excluding hydrogens is 324 g/mol. The van der Waals surface area contributed by atoms with Gasteiger partial charge < -0.3 is 9.47 Å². The van der Waals surface area contributed by atoms with Crippen LogP contribution in [0.25, 0.3) is 22.0 Å². The molecule has 4 aromatic rings. The summed E-state index contributed by atoms with van der Waals surface area (Å²) in [5.74, 6) is 1.42. The standard InChI is InChI=1S/C22H20N2O2/c1-25-21-10-9-19(14-22(21)26-2)20-11-12-24(23-20)15-16-7-8-17-5-3-4-6-18(17)13-16/h3-14H,15H2,1-2H3. The second-order valence-electron chi connectivity index (χ2n) is 6.15. The molecule has 0 amide bonds. The predicted molar refractivity (Wildman–Crippen MR) is 104 cm³/mol. The molecule has 0 aliphatic heterocycles. The zero-order chi connectivity index (χ0) is 17.9. The summed E-state index contributed by atoms with van der Waals surface area (Å²) >= 11 is 0. The third kappa shape index (κ3) is 3.14. The first-order valence-corrected chi connectivity index (χ1v) is 8.50. The Morgan fingerprint density at radius 2 is 1.62 bits per heavy atom. The monoisotopic (exact) mass is 344 g/mol. The van der Waals surface area contributed by atoms with E-state index in [1.165, 1.54) is 16.3 Å². The van der Waals surface area contributed by atoms with Crippen molar-refractivity contribution in [1.82, 2.24) is 9.78 Å². The highest BCUT2D eigenvalue weighted by molar-refractivity contribution is 5.83. The van der Waals surface area contributed by atoms with Crippen LogP contribution < -0.4 is 9.47 Å². The fraction of sp³-hybridized carbons (Fsp3) is 0.136. The quantitative estimate of drug-likeness (QED) is 0.523. The van der Waals surface area contributed by atoms with Gasteiger partial charge in [-0.05, 0) is 46.7 Å². The Balaban J connectivity index is 1.59.